The van der Waals surface area contributed by atoms with E-state index in [1.807, 2.05) is 12.1 Å². The van der Waals surface area contributed by atoms with Crippen LogP contribution in [0.2, 0.25) is 0 Å². The fraction of sp³-hybridized carbons (Fsp3) is 0.400. The van der Waals surface area contributed by atoms with Gasteiger partial charge in [0.05, 0.1) is 4.48 Å². The van der Waals surface area contributed by atoms with Crippen molar-refractivity contribution in [1.82, 2.24) is 0 Å². The minimum Gasteiger partial charge on any atom is -0.508 e. The van der Waals surface area contributed by atoms with Crippen molar-refractivity contribution in [3.05, 3.63) is 34.3 Å². The lowest BCUT2D eigenvalue weighted by Gasteiger charge is -2.26. The third-order valence-corrected chi connectivity index (χ3v) is 4.92. The number of hydrogen-bond donors (Lipinski definition) is 1. The smallest absolute Gasteiger partial charge is 0.173 e. The maximum absolute atomic E-state index is 12.2. The predicted molar refractivity (Wildman–Crippen MR) is 74.4 cm³/mol. The van der Waals surface area contributed by atoms with Gasteiger partial charge >= 0.3 is 0 Å². The van der Waals surface area contributed by atoms with Crippen LogP contribution in [0, 0.1) is 11.8 Å². The van der Waals surface area contributed by atoms with Crippen molar-refractivity contribution in [2.24, 2.45) is 11.8 Å². The molecule has 0 bridgehead atoms. The molecule has 2 atom stereocenters. The zero-order valence-corrected chi connectivity index (χ0v) is 11.6. The summed E-state index contributed by atoms with van der Waals surface area (Å²) in [5.41, 5.74) is 2.20. The molecule has 2 aliphatic carbocycles. The van der Waals surface area contributed by atoms with Gasteiger partial charge < -0.3 is 5.11 Å². The molecule has 1 N–H and O–H groups in total. The maximum atomic E-state index is 12.2. The van der Waals surface area contributed by atoms with Gasteiger partial charge in [-0.2, -0.15) is 0 Å². The second-order valence-electron chi connectivity index (χ2n) is 5.14. The molecular weight excluding hydrogens is 292 g/mol. The number of benzene rings is 1. The lowest BCUT2D eigenvalue weighted by molar-refractivity contribution is -0.119. The Kier molecular flexibility index (Phi) is 3.02. The molecule has 2 nitrogen and oxygen atoms in total. The second-order valence-corrected chi connectivity index (χ2v) is 5.93. The number of rotatable bonds is 1. The van der Waals surface area contributed by atoms with Gasteiger partial charge in [-0.1, -0.05) is 25.0 Å². The van der Waals surface area contributed by atoms with Crippen LogP contribution in [-0.2, 0) is 4.79 Å². The Balaban J connectivity index is 2.03. The zero-order chi connectivity index (χ0) is 12.7. The normalized spacial score (nSPS) is 27.5. The number of ketones is 1. The van der Waals surface area contributed by atoms with Gasteiger partial charge in [0.25, 0.3) is 0 Å². The highest BCUT2D eigenvalue weighted by atomic mass is 79.9. The summed E-state index contributed by atoms with van der Waals surface area (Å²) in [4.78, 5) is 12.2. The summed E-state index contributed by atoms with van der Waals surface area (Å²) in [6.45, 7) is 0. The van der Waals surface area contributed by atoms with E-state index in [1.54, 1.807) is 12.1 Å². The topological polar surface area (TPSA) is 37.3 Å². The number of phenolic OH excluding ortho intramolecular Hbond substituents is 1. The van der Waals surface area contributed by atoms with Crippen LogP contribution in [0.25, 0.3) is 5.57 Å². The molecule has 0 saturated heterocycles. The standard InChI is InChI=1S/C15H15BrO2/c16-14-13(9-5-7-10(17)8-6-9)11-3-1-2-4-12(11)15(14)18/h5-8,11-12,17H,1-4H2. The molecule has 1 saturated carbocycles. The molecule has 2 unspecified atom stereocenters. The lowest BCUT2D eigenvalue weighted by Crippen LogP contribution is -2.21. The summed E-state index contributed by atoms with van der Waals surface area (Å²) < 4.78 is 0.755. The summed E-state index contributed by atoms with van der Waals surface area (Å²) in [6.07, 6.45) is 4.48. The Bertz CT molecular complexity index is 516. The van der Waals surface area contributed by atoms with E-state index in [-0.39, 0.29) is 17.5 Å². The Hall–Kier alpha value is -1.09. The van der Waals surface area contributed by atoms with Crippen molar-refractivity contribution >= 4 is 27.3 Å². The number of carbonyl (C=O) groups excluding carboxylic acids is 1. The van der Waals surface area contributed by atoms with Gasteiger partial charge in [-0.25, -0.2) is 0 Å². The summed E-state index contributed by atoms with van der Waals surface area (Å²) in [5.74, 6) is 1.07. The van der Waals surface area contributed by atoms with Crippen LogP contribution in [0.4, 0.5) is 0 Å². The van der Waals surface area contributed by atoms with E-state index < -0.39 is 0 Å². The van der Waals surface area contributed by atoms with Gasteiger partial charge in [-0.05, 0) is 58.0 Å². The van der Waals surface area contributed by atoms with E-state index in [0.717, 1.165) is 34.9 Å². The summed E-state index contributed by atoms with van der Waals surface area (Å²) >= 11 is 3.48. The molecule has 1 aromatic rings. The van der Waals surface area contributed by atoms with Crippen LogP contribution in [0.3, 0.4) is 0 Å². The summed E-state index contributed by atoms with van der Waals surface area (Å²) in [7, 11) is 0. The molecule has 1 aromatic carbocycles. The first kappa shape index (κ1) is 12.0. The molecule has 0 amide bonds. The van der Waals surface area contributed by atoms with Crippen molar-refractivity contribution in [3.8, 4) is 5.75 Å². The van der Waals surface area contributed by atoms with E-state index in [9.17, 15) is 9.90 Å². The Labute approximate surface area is 115 Å². The van der Waals surface area contributed by atoms with Crippen LogP contribution in [-0.4, -0.2) is 10.9 Å². The Morgan fingerprint density at radius 3 is 2.33 bits per heavy atom. The van der Waals surface area contributed by atoms with Crippen LogP contribution in [0.15, 0.2) is 28.7 Å². The minimum atomic E-state index is 0.178. The highest BCUT2D eigenvalue weighted by Crippen LogP contribution is 2.49. The molecule has 3 rings (SSSR count). The average molecular weight is 307 g/mol. The number of halogens is 1. The molecule has 0 radical (unpaired) electrons. The molecule has 0 heterocycles. The van der Waals surface area contributed by atoms with Gasteiger partial charge in [-0.15, -0.1) is 0 Å². The van der Waals surface area contributed by atoms with Crippen molar-refractivity contribution in [1.29, 1.82) is 0 Å². The van der Waals surface area contributed by atoms with Crippen molar-refractivity contribution < 1.29 is 9.90 Å². The third-order valence-electron chi connectivity index (χ3n) is 4.10. The first-order valence-corrected chi connectivity index (χ1v) is 7.21. The quantitative estimate of drug-likeness (QED) is 0.854. The molecule has 0 aliphatic heterocycles. The van der Waals surface area contributed by atoms with Crippen molar-refractivity contribution in [2.75, 3.05) is 0 Å². The highest BCUT2D eigenvalue weighted by Gasteiger charge is 2.42. The van der Waals surface area contributed by atoms with Gasteiger partial charge in [0.1, 0.15) is 5.75 Å². The molecule has 1 fully saturated rings. The van der Waals surface area contributed by atoms with Crippen molar-refractivity contribution in [2.45, 2.75) is 25.7 Å². The molecule has 3 heteroatoms. The van der Waals surface area contributed by atoms with Crippen LogP contribution >= 0.6 is 15.9 Å². The molecule has 2 aliphatic rings. The molecular formula is C15H15BrO2. The van der Waals surface area contributed by atoms with E-state index in [0.29, 0.717) is 5.92 Å². The zero-order valence-electron chi connectivity index (χ0n) is 10.0. The predicted octanol–water partition coefficient (Wildman–Crippen LogP) is 3.89. The molecule has 0 spiro atoms. The second kappa shape index (κ2) is 4.54. The molecule has 94 valence electrons. The van der Waals surface area contributed by atoms with Crippen LogP contribution in [0.5, 0.6) is 5.75 Å². The number of allylic oxidation sites excluding steroid dienone is 2. The molecule has 18 heavy (non-hydrogen) atoms. The average Bonchev–Trinajstić information content (AvgIpc) is 2.64. The van der Waals surface area contributed by atoms with Gasteiger partial charge in [0, 0.05) is 5.92 Å². The fourth-order valence-electron chi connectivity index (χ4n) is 3.23. The molecule has 0 aromatic heterocycles. The van der Waals surface area contributed by atoms with Gasteiger partial charge in [-0.3, -0.25) is 4.79 Å². The number of carbonyl (C=O) groups is 1. The summed E-state index contributed by atoms with van der Waals surface area (Å²) in [5, 5.41) is 9.36. The third kappa shape index (κ3) is 1.81. The van der Waals surface area contributed by atoms with E-state index >= 15 is 0 Å². The SMILES string of the molecule is O=C1C(Br)=C(c2ccc(O)cc2)C2CCCCC12. The van der Waals surface area contributed by atoms with E-state index in [4.69, 9.17) is 0 Å². The lowest BCUT2D eigenvalue weighted by atomic mass is 9.77. The highest BCUT2D eigenvalue weighted by molar-refractivity contribution is 9.12. The van der Waals surface area contributed by atoms with Gasteiger partial charge in [0.15, 0.2) is 5.78 Å². The van der Waals surface area contributed by atoms with Crippen molar-refractivity contribution in [3.63, 3.8) is 0 Å². The largest absolute Gasteiger partial charge is 0.508 e. The Morgan fingerprint density at radius 2 is 1.67 bits per heavy atom. The number of Topliss-reactive ketones (excluding diaryl/α,β-unsaturated/α-hetero) is 1. The fourth-order valence-corrected chi connectivity index (χ4v) is 4.05. The monoisotopic (exact) mass is 306 g/mol. The number of aromatic hydroxyl groups is 1. The van der Waals surface area contributed by atoms with Crippen LogP contribution in [0.1, 0.15) is 31.2 Å². The number of fused-ring (bicyclic) bond motifs is 1. The minimum absolute atomic E-state index is 0.178. The van der Waals surface area contributed by atoms with Crippen LogP contribution < -0.4 is 0 Å². The van der Waals surface area contributed by atoms with E-state index in [2.05, 4.69) is 15.9 Å². The number of phenols is 1. The first-order valence-electron chi connectivity index (χ1n) is 6.42. The van der Waals surface area contributed by atoms with E-state index in [1.165, 1.54) is 6.42 Å². The maximum Gasteiger partial charge on any atom is 0.173 e. The van der Waals surface area contributed by atoms with Gasteiger partial charge in [0.2, 0.25) is 0 Å². The Morgan fingerprint density at radius 1 is 1.06 bits per heavy atom. The first-order chi connectivity index (χ1) is 8.68. The number of hydrogen-bond acceptors (Lipinski definition) is 2. The summed E-state index contributed by atoms with van der Waals surface area (Å²) in [6, 6.07) is 7.17.